The molecule has 0 radical (unpaired) electrons. The highest BCUT2D eigenvalue weighted by Crippen LogP contribution is 2.31. The maximum Gasteiger partial charge on any atom is 0.289 e. The first-order valence-corrected chi connectivity index (χ1v) is 7.81. The molecule has 122 valence electrons. The van der Waals surface area contributed by atoms with E-state index in [1.165, 1.54) is 0 Å². The lowest BCUT2D eigenvalue weighted by molar-refractivity contribution is 0.0501. The third-order valence-electron chi connectivity index (χ3n) is 3.94. The van der Waals surface area contributed by atoms with Crippen LogP contribution in [0.4, 0.5) is 0 Å². The number of carbonyl (C=O) groups excluding carboxylic acids is 1. The maximum absolute atomic E-state index is 12.5. The first kappa shape index (κ1) is 15.5. The first-order valence-electron chi connectivity index (χ1n) is 7.81. The fourth-order valence-corrected chi connectivity index (χ4v) is 2.71. The van der Waals surface area contributed by atoms with Crippen LogP contribution < -0.4 is 9.47 Å². The molecule has 1 aromatic carbocycles. The molecular formula is C18H21NO4. The Labute approximate surface area is 135 Å². The number of fused-ring (bicyclic) bond motifs is 1. The van der Waals surface area contributed by atoms with Crippen molar-refractivity contribution in [3.63, 3.8) is 0 Å². The number of amides is 1. The molecular weight excluding hydrogens is 294 g/mol. The minimum Gasteiger partial charge on any atom is -0.486 e. The van der Waals surface area contributed by atoms with Crippen molar-refractivity contribution in [2.24, 2.45) is 0 Å². The summed E-state index contributed by atoms with van der Waals surface area (Å²) >= 11 is 0. The molecule has 2 heterocycles. The maximum atomic E-state index is 12.5. The molecule has 1 unspecified atom stereocenters. The quantitative estimate of drug-likeness (QED) is 0.870. The van der Waals surface area contributed by atoms with Crippen molar-refractivity contribution in [1.82, 2.24) is 4.90 Å². The summed E-state index contributed by atoms with van der Waals surface area (Å²) in [6.45, 7) is 4.82. The minimum atomic E-state index is -0.194. The molecule has 0 fully saturated rings. The van der Waals surface area contributed by atoms with Crippen molar-refractivity contribution in [2.45, 2.75) is 26.4 Å². The van der Waals surface area contributed by atoms with Crippen molar-refractivity contribution in [3.8, 4) is 11.5 Å². The van der Waals surface area contributed by atoms with E-state index >= 15 is 0 Å². The Hall–Kier alpha value is -2.43. The van der Waals surface area contributed by atoms with E-state index in [1.54, 1.807) is 18.0 Å². The second-order valence-corrected chi connectivity index (χ2v) is 5.75. The molecule has 0 saturated carbocycles. The predicted octanol–water partition coefficient (Wildman–Crippen LogP) is 3.06. The topological polar surface area (TPSA) is 51.9 Å². The van der Waals surface area contributed by atoms with Gasteiger partial charge in [-0.3, -0.25) is 4.79 Å². The van der Waals surface area contributed by atoms with Crippen LogP contribution in [0, 0.1) is 6.92 Å². The molecule has 3 rings (SSSR count). The Balaban J connectivity index is 1.65. The van der Waals surface area contributed by atoms with Gasteiger partial charge in [0.1, 0.15) is 12.4 Å². The number of carbonyl (C=O) groups is 1. The smallest absolute Gasteiger partial charge is 0.289 e. The summed E-state index contributed by atoms with van der Waals surface area (Å²) in [6, 6.07) is 9.34. The van der Waals surface area contributed by atoms with Crippen molar-refractivity contribution >= 4 is 5.91 Å². The molecule has 1 amide bonds. The van der Waals surface area contributed by atoms with Crippen LogP contribution in [-0.2, 0) is 6.42 Å². The lowest BCUT2D eigenvalue weighted by Gasteiger charge is -2.29. The standard InChI is InChI=1S/C18H21NO4/c1-4-14-12(2)9-17(23-14)18(20)19(3)10-13-11-21-15-7-5-6-8-16(15)22-13/h5-9,13H,4,10-11H2,1-3H3. The van der Waals surface area contributed by atoms with Crippen molar-refractivity contribution in [1.29, 1.82) is 0 Å². The summed E-state index contributed by atoms with van der Waals surface area (Å²) in [5.41, 5.74) is 1.01. The van der Waals surface area contributed by atoms with Gasteiger partial charge in [0.25, 0.3) is 5.91 Å². The fraction of sp³-hybridized carbons (Fsp3) is 0.389. The van der Waals surface area contributed by atoms with E-state index in [9.17, 15) is 4.79 Å². The van der Waals surface area contributed by atoms with Crippen LogP contribution in [0.25, 0.3) is 0 Å². The van der Waals surface area contributed by atoms with Crippen molar-refractivity contribution in [2.75, 3.05) is 20.2 Å². The zero-order chi connectivity index (χ0) is 16.4. The normalized spacial score (nSPS) is 16.2. The number of likely N-dealkylation sites (N-methyl/N-ethyl adjacent to an activating group) is 1. The van der Waals surface area contributed by atoms with E-state index in [-0.39, 0.29) is 12.0 Å². The van der Waals surface area contributed by atoms with Gasteiger partial charge in [0.05, 0.1) is 6.54 Å². The van der Waals surface area contributed by atoms with Crippen LogP contribution in [0.3, 0.4) is 0 Å². The van der Waals surface area contributed by atoms with Crippen LogP contribution in [0.2, 0.25) is 0 Å². The fourth-order valence-electron chi connectivity index (χ4n) is 2.71. The molecule has 0 aliphatic carbocycles. The highest BCUT2D eigenvalue weighted by molar-refractivity contribution is 5.91. The Morgan fingerprint density at radius 3 is 2.74 bits per heavy atom. The minimum absolute atomic E-state index is 0.143. The van der Waals surface area contributed by atoms with Gasteiger partial charge in [0, 0.05) is 13.5 Å². The van der Waals surface area contributed by atoms with Gasteiger partial charge in [-0.2, -0.15) is 0 Å². The van der Waals surface area contributed by atoms with Crippen molar-refractivity contribution in [3.05, 3.63) is 47.4 Å². The van der Waals surface area contributed by atoms with E-state index < -0.39 is 0 Å². The van der Waals surface area contributed by atoms with Gasteiger partial charge in [-0.15, -0.1) is 0 Å². The third-order valence-corrected chi connectivity index (χ3v) is 3.94. The second-order valence-electron chi connectivity index (χ2n) is 5.75. The van der Waals surface area contributed by atoms with E-state index in [4.69, 9.17) is 13.9 Å². The number of hydrogen-bond acceptors (Lipinski definition) is 4. The number of para-hydroxylation sites is 2. The molecule has 1 aliphatic rings. The summed E-state index contributed by atoms with van der Waals surface area (Å²) in [6.07, 6.45) is 0.583. The van der Waals surface area contributed by atoms with E-state index in [0.717, 1.165) is 23.5 Å². The summed E-state index contributed by atoms with van der Waals surface area (Å²) in [7, 11) is 1.75. The van der Waals surface area contributed by atoms with Crippen LogP contribution in [0.15, 0.2) is 34.7 Å². The molecule has 0 saturated heterocycles. The monoisotopic (exact) mass is 315 g/mol. The highest BCUT2D eigenvalue weighted by atomic mass is 16.6. The molecule has 1 atom stereocenters. The molecule has 1 aromatic heterocycles. The first-order chi connectivity index (χ1) is 11.1. The zero-order valence-corrected chi connectivity index (χ0v) is 13.7. The average Bonchev–Trinajstić information content (AvgIpc) is 2.95. The zero-order valence-electron chi connectivity index (χ0n) is 13.7. The lowest BCUT2D eigenvalue weighted by Crippen LogP contribution is -2.41. The summed E-state index contributed by atoms with van der Waals surface area (Å²) in [5.74, 6) is 2.54. The Morgan fingerprint density at radius 1 is 1.30 bits per heavy atom. The highest BCUT2D eigenvalue weighted by Gasteiger charge is 2.25. The van der Waals surface area contributed by atoms with E-state index in [0.29, 0.717) is 24.7 Å². The van der Waals surface area contributed by atoms with Gasteiger partial charge in [-0.1, -0.05) is 19.1 Å². The Bertz CT molecular complexity index is 707. The number of nitrogens with zero attached hydrogens (tertiary/aromatic N) is 1. The SMILES string of the molecule is CCc1oc(C(=O)N(C)CC2COc3ccccc3O2)cc1C. The van der Waals surface area contributed by atoms with Crippen LogP contribution >= 0.6 is 0 Å². The molecule has 0 spiro atoms. The number of ether oxygens (including phenoxy) is 2. The summed E-state index contributed by atoms with van der Waals surface area (Å²) < 4.78 is 17.2. The predicted molar refractivity (Wildman–Crippen MR) is 86.1 cm³/mol. The Morgan fingerprint density at radius 2 is 2.04 bits per heavy atom. The summed E-state index contributed by atoms with van der Waals surface area (Å²) in [5, 5.41) is 0. The lowest BCUT2D eigenvalue weighted by atomic mass is 10.2. The molecule has 23 heavy (non-hydrogen) atoms. The van der Waals surface area contributed by atoms with Gasteiger partial charge < -0.3 is 18.8 Å². The molecule has 5 nitrogen and oxygen atoms in total. The number of rotatable bonds is 4. The molecule has 0 bridgehead atoms. The van der Waals surface area contributed by atoms with Gasteiger partial charge in [-0.25, -0.2) is 0 Å². The third kappa shape index (κ3) is 3.18. The molecule has 5 heteroatoms. The largest absolute Gasteiger partial charge is 0.486 e. The number of aryl methyl sites for hydroxylation is 2. The second kappa shape index (κ2) is 6.36. The van der Waals surface area contributed by atoms with Crippen LogP contribution in [0.1, 0.15) is 28.8 Å². The van der Waals surface area contributed by atoms with Crippen molar-refractivity contribution < 1.29 is 18.7 Å². The molecule has 0 N–H and O–H groups in total. The molecule has 1 aliphatic heterocycles. The number of benzene rings is 1. The summed E-state index contributed by atoms with van der Waals surface area (Å²) in [4.78, 5) is 14.1. The molecule has 2 aromatic rings. The van der Waals surface area contributed by atoms with Crippen LogP contribution in [-0.4, -0.2) is 37.1 Å². The van der Waals surface area contributed by atoms with E-state index in [2.05, 4.69) is 0 Å². The van der Waals surface area contributed by atoms with Gasteiger partial charge >= 0.3 is 0 Å². The van der Waals surface area contributed by atoms with Crippen LogP contribution in [0.5, 0.6) is 11.5 Å². The van der Waals surface area contributed by atoms with Gasteiger partial charge in [0.2, 0.25) is 0 Å². The number of hydrogen-bond donors (Lipinski definition) is 0. The Kier molecular flexibility index (Phi) is 4.28. The van der Waals surface area contributed by atoms with Gasteiger partial charge in [0.15, 0.2) is 23.4 Å². The van der Waals surface area contributed by atoms with Gasteiger partial charge in [-0.05, 0) is 30.7 Å². The van der Waals surface area contributed by atoms with E-state index in [1.807, 2.05) is 38.1 Å². The number of furan rings is 1. The average molecular weight is 315 g/mol.